The quantitative estimate of drug-likeness (QED) is 0.639. The topological polar surface area (TPSA) is 38.0 Å². The third-order valence-electron chi connectivity index (χ3n) is 4.65. The lowest BCUT2D eigenvalue weighted by Crippen LogP contribution is -2.56. The van der Waals surface area contributed by atoms with E-state index < -0.39 is 0 Å². The molecule has 0 aromatic rings. The van der Waals surface area contributed by atoms with Crippen molar-refractivity contribution in [2.75, 3.05) is 0 Å². The van der Waals surface area contributed by atoms with Gasteiger partial charge in [-0.1, -0.05) is 52.9 Å². The minimum atomic E-state index is -0.187. The van der Waals surface area contributed by atoms with Crippen molar-refractivity contribution in [1.82, 2.24) is 5.32 Å². The first-order chi connectivity index (χ1) is 8.94. The monoisotopic (exact) mass is 268 g/mol. The van der Waals surface area contributed by atoms with Crippen LogP contribution in [0.1, 0.15) is 85.5 Å². The molecule has 1 aliphatic carbocycles. The summed E-state index contributed by atoms with van der Waals surface area (Å²) in [6, 6.07) is 0.620. The predicted octanol–water partition coefficient (Wildman–Crippen LogP) is 4.44. The molecule has 0 aliphatic heterocycles. The molecule has 1 aliphatic rings. The molecule has 1 fully saturated rings. The highest BCUT2D eigenvalue weighted by atomic mass is 15.1. The average molecular weight is 268 g/mol. The van der Waals surface area contributed by atoms with E-state index >= 15 is 0 Å². The van der Waals surface area contributed by atoms with Crippen LogP contribution < -0.4 is 11.1 Å². The Morgan fingerprint density at radius 2 is 1.84 bits per heavy atom. The second kappa shape index (κ2) is 8.26. The van der Waals surface area contributed by atoms with Crippen LogP contribution in [0.15, 0.2) is 0 Å². The van der Waals surface area contributed by atoms with Crippen molar-refractivity contribution < 1.29 is 0 Å². The maximum atomic E-state index is 6.48. The summed E-state index contributed by atoms with van der Waals surface area (Å²) in [6.07, 6.45) is 11.9. The molecule has 2 atom stereocenters. The van der Waals surface area contributed by atoms with Crippen molar-refractivity contribution in [3.05, 3.63) is 0 Å². The molecule has 3 N–H and O–H groups in total. The maximum Gasteiger partial charge on any atom is 0.0635 e. The molecular formula is C17H36N2. The van der Waals surface area contributed by atoms with Crippen LogP contribution in [0.2, 0.25) is 0 Å². The summed E-state index contributed by atoms with van der Waals surface area (Å²) in [7, 11) is 0. The van der Waals surface area contributed by atoms with Gasteiger partial charge in [0.2, 0.25) is 0 Å². The Morgan fingerprint density at radius 1 is 1.21 bits per heavy atom. The maximum absolute atomic E-state index is 6.48. The summed E-state index contributed by atoms with van der Waals surface area (Å²) in [4.78, 5) is 0. The van der Waals surface area contributed by atoms with E-state index in [0.717, 1.165) is 18.3 Å². The minimum absolute atomic E-state index is 0.187. The highest BCUT2D eigenvalue weighted by molar-refractivity contribution is 4.85. The summed E-state index contributed by atoms with van der Waals surface area (Å²) < 4.78 is 0. The third kappa shape index (κ3) is 6.76. The van der Waals surface area contributed by atoms with Gasteiger partial charge < -0.3 is 5.73 Å². The number of hydrogen-bond acceptors (Lipinski definition) is 2. The fraction of sp³-hybridized carbons (Fsp3) is 1.00. The van der Waals surface area contributed by atoms with Crippen LogP contribution in [-0.4, -0.2) is 11.7 Å². The Morgan fingerprint density at radius 3 is 2.37 bits per heavy atom. The molecule has 0 bridgehead atoms. The lowest BCUT2D eigenvalue weighted by molar-refractivity contribution is 0.198. The Balaban J connectivity index is 2.39. The van der Waals surface area contributed by atoms with Crippen LogP contribution >= 0.6 is 0 Å². The molecule has 0 amide bonds. The van der Waals surface area contributed by atoms with Gasteiger partial charge in [0, 0.05) is 6.04 Å². The summed E-state index contributed by atoms with van der Waals surface area (Å²) >= 11 is 0. The Bertz CT molecular complexity index is 229. The zero-order valence-electron chi connectivity index (χ0n) is 13.7. The first-order valence-electron chi connectivity index (χ1n) is 8.51. The van der Waals surface area contributed by atoms with Crippen LogP contribution in [0.3, 0.4) is 0 Å². The predicted molar refractivity (Wildman–Crippen MR) is 85.1 cm³/mol. The molecule has 0 heterocycles. The minimum Gasteiger partial charge on any atom is -0.314 e. The van der Waals surface area contributed by atoms with Crippen LogP contribution in [0, 0.1) is 11.8 Å². The number of nitrogens with one attached hydrogen (secondary N) is 1. The smallest absolute Gasteiger partial charge is 0.0635 e. The largest absolute Gasteiger partial charge is 0.314 e. The van der Waals surface area contributed by atoms with Gasteiger partial charge in [0.15, 0.2) is 0 Å². The van der Waals surface area contributed by atoms with Crippen molar-refractivity contribution >= 4 is 0 Å². The SMILES string of the molecule is CCC(NC(C)(N)CCCC(C)C)C1CCCCC1. The van der Waals surface area contributed by atoms with Crippen LogP contribution in [-0.2, 0) is 0 Å². The fourth-order valence-electron chi connectivity index (χ4n) is 3.46. The van der Waals surface area contributed by atoms with E-state index in [-0.39, 0.29) is 5.66 Å². The molecule has 0 spiro atoms. The molecular weight excluding hydrogens is 232 g/mol. The lowest BCUT2D eigenvalue weighted by Gasteiger charge is -2.37. The van der Waals surface area contributed by atoms with Gasteiger partial charge in [-0.3, -0.25) is 5.32 Å². The van der Waals surface area contributed by atoms with Gasteiger partial charge >= 0.3 is 0 Å². The molecule has 2 nitrogen and oxygen atoms in total. The lowest BCUT2D eigenvalue weighted by atomic mass is 9.82. The molecule has 1 saturated carbocycles. The first-order valence-corrected chi connectivity index (χ1v) is 8.51. The average Bonchev–Trinajstić information content (AvgIpc) is 2.36. The number of hydrogen-bond donors (Lipinski definition) is 2. The van der Waals surface area contributed by atoms with E-state index in [0.29, 0.717) is 6.04 Å². The summed E-state index contributed by atoms with van der Waals surface area (Å²) in [5.41, 5.74) is 6.29. The van der Waals surface area contributed by atoms with Crippen LogP contribution in [0.25, 0.3) is 0 Å². The van der Waals surface area contributed by atoms with Gasteiger partial charge in [0.05, 0.1) is 5.66 Å². The van der Waals surface area contributed by atoms with E-state index in [9.17, 15) is 0 Å². The van der Waals surface area contributed by atoms with E-state index in [1.165, 1.54) is 51.4 Å². The zero-order valence-corrected chi connectivity index (χ0v) is 13.7. The second-order valence-electron chi connectivity index (χ2n) is 7.26. The van der Waals surface area contributed by atoms with E-state index in [4.69, 9.17) is 5.73 Å². The highest BCUT2D eigenvalue weighted by Crippen LogP contribution is 2.28. The van der Waals surface area contributed by atoms with Crippen LogP contribution in [0.4, 0.5) is 0 Å². The molecule has 0 radical (unpaired) electrons. The Hall–Kier alpha value is -0.0800. The first kappa shape index (κ1) is 17.0. The molecule has 0 saturated heterocycles. The summed E-state index contributed by atoms with van der Waals surface area (Å²) in [5.74, 6) is 1.64. The number of rotatable bonds is 8. The van der Waals surface area contributed by atoms with Crippen molar-refractivity contribution in [2.45, 2.75) is 97.2 Å². The highest BCUT2D eigenvalue weighted by Gasteiger charge is 2.27. The Labute approximate surface area is 120 Å². The van der Waals surface area contributed by atoms with Crippen molar-refractivity contribution in [3.8, 4) is 0 Å². The zero-order chi connectivity index (χ0) is 14.3. The van der Waals surface area contributed by atoms with E-state index in [1.807, 2.05) is 0 Å². The van der Waals surface area contributed by atoms with Gasteiger partial charge in [0.1, 0.15) is 0 Å². The van der Waals surface area contributed by atoms with Gasteiger partial charge in [-0.15, -0.1) is 0 Å². The standard InChI is InChI=1S/C17H36N2/c1-5-16(15-11-7-6-8-12-15)19-17(4,18)13-9-10-14(2)3/h14-16,19H,5-13,18H2,1-4H3. The second-order valence-corrected chi connectivity index (χ2v) is 7.26. The molecule has 0 aromatic carbocycles. The van der Waals surface area contributed by atoms with Crippen molar-refractivity contribution in [1.29, 1.82) is 0 Å². The summed E-state index contributed by atoms with van der Waals surface area (Å²) in [5, 5.41) is 3.76. The molecule has 19 heavy (non-hydrogen) atoms. The van der Waals surface area contributed by atoms with Crippen LogP contribution in [0.5, 0.6) is 0 Å². The fourth-order valence-corrected chi connectivity index (χ4v) is 3.46. The van der Waals surface area contributed by atoms with Crippen molar-refractivity contribution in [2.24, 2.45) is 17.6 Å². The van der Waals surface area contributed by atoms with Gasteiger partial charge in [-0.25, -0.2) is 0 Å². The third-order valence-corrected chi connectivity index (χ3v) is 4.65. The van der Waals surface area contributed by atoms with Crippen molar-refractivity contribution in [3.63, 3.8) is 0 Å². The molecule has 2 heteroatoms. The molecule has 0 aromatic heterocycles. The molecule has 114 valence electrons. The van der Waals surface area contributed by atoms with E-state index in [1.54, 1.807) is 0 Å². The Kier molecular flexibility index (Phi) is 7.38. The van der Waals surface area contributed by atoms with Gasteiger partial charge in [0.25, 0.3) is 0 Å². The number of nitrogens with two attached hydrogens (primary N) is 1. The van der Waals surface area contributed by atoms with E-state index in [2.05, 4.69) is 33.0 Å². The summed E-state index contributed by atoms with van der Waals surface area (Å²) in [6.45, 7) is 9.06. The van der Waals surface area contributed by atoms with Gasteiger partial charge in [-0.2, -0.15) is 0 Å². The molecule has 1 rings (SSSR count). The van der Waals surface area contributed by atoms with Gasteiger partial charge in [-0.05, 0) is 44.4 Å². The normalized spacial score (nSPS) is 22.4. The molecule has 2 unspecified atom stereocenters.